The maximum atomic E-state index is 10.6. The molecule has 1 aromatic rings. The van der Waals surface area contributed by atoms with E-state index < -0.39 is 0 Å². The molecule has 0 fully saturated rings. The van der Waals surface area contributed by atoms with Crippen molar-refractivity contribution in [2.75, 3.05) is 20.3 Å². The average Bonchev–Trinajstić information content (AvgIpc) is 2.77. The van der Waals surface area contributed by atoms with E-state index in [2.05, 4.69) is 10.6 Å². The molecular weight excluding hydrogens is 264 g/mol. The van der Waals surface area contributed by atoms with Crippen LogP contribution in [0.25, 0.3) is 0 Å². The van der Waals surface area contributed by atoms with Gasteiger partial charge in [0.1, 0.15) is 18.4 Å². The molecule has 2 rings (SSSR count). The number of esters is 1. The van der Waals surface area contributed by atoms with Gasteiger partial charge in [-0.25, -0.2) is 0 Å². The van der Waals surface area contributed by atoms with E-state index in [0.717, 1.165) is 5.56 Å². The summed E-state index contributed by atoms with van der Waals surface area (Å²) < 4.78 is 10.3. The molecular formula is C13H16N2O5. The zero-order chi connectivity index (χ0) is 14.4. The van der Waals surface area contributed by atoms with Gasteiger partial charge in [0, 0.05) is 12.5 Å². The van der Waals surface area contributed by atoms with Gasteiger partial charge < -0.3 is 19.1 Å². The van der Waals surface area contributed by atoms with Crippen molar-refractivity contribution < 1.29 is 23.9 Å². The summed E-state index contributed by atoms with van der Waals surface area (Å²) in [6.45, 7) is 1.63. The largest absolute Gasteiger partial charge is 0.462 e. The quantitative estimate of drug-likeness (QED) is 0.478. The highest BCUT2D eigenvalue weighted by molar-refractivity contribution is 5.89. The number of rotatable bonds is 6. The summed E-state index contributed by atoms with van der Waals surface area (Å²) in [4.78, 5) is 20.6. The van der Waals surface area contributed by atoms with Gasteiger partial charge >= 0.3 is 5.97 Å². The van der Waals surface area contributed by atoms with Crippen molar-refractivity contribution in [2.45, 2.75) is 13.0 Å². The third-order valence-electron chi connectivity index (χ3n) is 2.56. The molecule has 0 aliphatic carbocycles. The van der Waals surface area contributed by atoms with E-state index in [1.165, 1.54) is 14.0 Å². The van der Waals surface area contributed by atoms with Crippen molar-refractivity contribution in [3.63, 3.8) is 0 Å². The first-order valence-electron chi connectivity index (χ1n) is 6.11. The normalized spacial score (nSPS) is 18.5. The number of fused-ring (bicyclic) bond motifs is 1. The van der Waals surface area contributed by atoms with E-state index in [0.29, 0.717) is 11.6 Å². The Hall–Kier alpha value is -2.12. The first-order chi connectivity index (χ1) is 9.72. The van der Waals surface area contributed by atoms with Crippen LogP contribution in [0.2, 0.25) is 0 Å². The first kappa shape index (κ1) is 14.3. The molecule has 0 amide bonds. The predicted octanol–water partition coefficient (Wildman–Crippen LogP) is 1.16. The second kappa shape index (κ2) is 6.88. The lowest BCUT2D eigenvalue weighted by atomic mass is 10.1. The number of hydroxylamine groups is 1. The van der Waals surface area contributed by atoms with Crippen molar-refractivity contribution in [1.29, 1.82) is 0 Å². The molecule has 0 saturated heterocycles. The Kier molecular flexibility index (Phi) is 4.91. The second-order valence-corrected chi connectivity index (χ2v) is 4.00. The highest BCUT2D eigenvalue weighted by Crippen LogP contribution is 2.33. The fourth-order valence-corrected chi connectivity index (χ4v) is 1.75. The number of carbonyl (C=O) groups excluding carboxylic acids is 1. The number of para-hydroxylation sites is 1. The van der Waals surface area contributed by atoms with Crippen molar-refractivity contribution in [3.05, 3.63) is 29.8 Å². The minimum atomic E-state index is -0.357. The minimum absolute atomic E-state index is 0.140. The van der Waals surface area contributed by atoms with E-state index >= 15 is 0 Å². The molecule has 7 nitrogen and oxygen atoms in total. The molecule has 1 aromatic carbocycles. The maximum Gasteiger partial charge on any atom is 0.302 e. The second-order valence-electron chi connectivity index (χ2n) is 4.00. The zero-order valence-corrected chi connectivity index (χ0v) is 11.3. The Labute approximate surface area is 116 Å². The van der Waals surface area contributed by atoms with Crippen molar-refractivity contribution in [2.24, 2.45) is 5.16 Å². The van der Waals surface area contributed by atoms with E-state index in [1.54, 1.807) is 0 Å². The number of oxime groups is 1. The van der Waals surface area contributed by atoms with Gasteiger partial charge in [-0.2, -0.15) is 5.48 Å². The first-order valence-corrected chi connectivity index (χ1v) is 6.11. The molecule has 0 bridgehead atoms. The van der Waals surface area contributed by atoms with Crippen molar-refractivity contribution in [3.8, 4) is 5.75 Å². The topological polar surface area (TPSA) is 78.4 Å². The van der Waals surface area contributed by atoms with Crippen LogP contribution in [0, 0.1) is 0 Å². The Morgan fingerprint density at radius 1 is 1.40 bits per heavy atom. The number of carbonyl (C=O) groups is 1. The van der Waals surface area contributed by atoms with Gasteiger partial charge in [0.25, 0.3) is 5.90 Å². The summed E-state index contributed by atoms with van der Waals surface area (Å²) in [6, 6.07) is 7.18. The Balaban J connectivity index is 1.96. The number of hydrogen-bond donors (Lipinski definition) is 1. The van der Waals surface area contributed by atoms with E-state index in [4.69, 9.17) is 19.1 Å². The fourth-order valence-electron chi connectivity index (χ4n) is 1.75. The van der Waals surface area contributed by atoms with Gasteiger partial charge in [-0.15, -0.1) is 0 Å². The summed E-state index contributed by atoms with van der Waals surface area (Å²) in [5.74, 6) is 0.685. The van der Waals surface area contributed by atoms with Gasteiger partial charge in [0.15, 0.2) is 6.61 Å². The monoisotopic (exact) mass is 280 g/mol. The number of ether oxygens (including phenoxy) is 2. The molecule has 1 unspecified atom stereocenters. The smallest absolute Gasteiger partial charge is 0.302 e. The molecule has 1 atom stereocenters. The lowest BCUT2D eigenvalue weighted by molar-refractivity contribution is -0.142. The van der Waals surface area contributed by atoms with Crippen molar-refractivity contribution in [1.82, 2.24) is 5.48 Å². The lowest BCUT2D eigenvalue weighted by Crippen LogP contribution is -2.26. The fraction of sp³-hybridized carbons (Fsp3) is 0.385. The Bertz CT molecular complexity index is 503. The minimum Gasteiger partial charge on any atom is -0.462 e. The maximum absolute atomic E-state index is 10.6. The van der Waals surface area contributed by atoms with Crippen LogP contribution in [0.5, 0.6) is 5.75 Å². The molecule has 20 heavy (non-hydrogen) atoms. The predicted molar refractivity (Wildman–Crippen MR) is 70.0 cm³/mol. The zero-order valence-electron chi connectivity index (χ0n) is 11.3. The van der Waals surface area contributed by atoms with E-state index in [9.17, 15) is 4.79 Å². The highest BCUT2D eigenvalue weighted by Gasteiger charge is 2.31. The molecule has 0 saturated carbocycles. The number of benzene rings is 1. The van der Waals surface area contributed by atoms with E-state index in [1.807, 2.05) is 24.3 Å². The van der Waals surface area contributed by atoms with Gasteiger partial charge in [-0.05, 0) is 11.2 Å². The molecule has 7 heteroatoms. The summed E-state index contributed by atoms with van der Waals surface area (Å²) in [6.07, 6.45) is 0. The summed E-state index contributed by atoms with van der Waals surface area (Å²) in [5.41, 5.74) is 3.70. The van der Waals surface area contributed by atoms with Crippen LogP contribution in [-0.4, -0.2) is 32.2 Å². The molecule has 1 aliphatic rings. The summed E-state index contributed by atoms with van der Waals surface area (Å²) in [7, 11) is 1.51. The molecule has 108 valence electrons. The van der Waals surface area contributed by atoms with E-state index in [-0.39, 0.29) is 25.2 Å². The molecule has 0 spiro atoms. The molecule has 1 N–H and O–H groups in total. The van der Waals surface area contributed by atoms with Crippen LogP contribution in [-0.2, 0) is 19.2 Å². The number of nitrogens with one attached hydrogen (secondary N) is 1. The van der Waals surface area contributed by atoms with Crippen LogP contribution < -0.4 is 10.2 Å². The standard InChI is InChI=1S/C13H16N2O5/c1-9(16)18-7-8-19-15-13-12(14-17-2)10-5-3-4-6-11(10)20-13/h3-6,12,14H,7-8H2,1-2H3/b15-13-. The SMILES string of the molecule is CONC1/C(=N/OCCOC(C)=O)Oc2ccccc21. The van der Waals surface area contributed by atoms with Crippen LogP contribution >= 0.6 is 0 Å². The number of nitrogens with zero attached hydrogens (tertiary/aromatic N) is 1. The van der Waals surface area contributed by atoms with Gasteiger partial charge in [-0.3, -0.25) is 4.79 Å². The van der Waals surface area contributed by atoms with Crippen LogP contribution in [0.15, 0.2) is 29.4 Å². The molecule has 0 aromatic heterocycles. The van der Waals surface area contributed by atoms with Crippen LogP contribution in [0.3, 0.4) is 0 Å². The van der Waals surface area contributed by atoms with Gasteiger partial charge in [0.05, 0.1) is 7.11 Å². The lowest BCUT2D eigenvalue weighted by Gasteiger charge is -2.09. The third-order valence-corrected chi connectivity index (χ3v) is 2.56. The van der Waals surface area contributed by atoms with Crippen molar-refractivity contribution >= 4 is 11.9 Å². The summed E-state index contributed by atoms with van der Waals surface area (Å²) >= 11 is 0. The molecule has 1 aliphatic heterocycles. The van der Waals surface area contributed by atoms with Gasteiger partial charge in [-0.1, -0.05) is 18.2 Å². The summed E-state index contributed by atoms with van der Waals surface area (Å²) in [5, 5.41) is 3.90. The van der Waals surface area contributed by atoms with Crippen LogP contribution in [0.1, 0.15) is 18.5 Å². The van der Waals surface area contributed by atoms with Gasteiger partial charge in [0.2, 0.25) is 0 Å². The number of hydrogen-bond acceptors (Lipinski definition) is 7. The molecule has 1 heterocycles. The third kappa shape index (κ3) is 3.46. The molecule has 0 radical (unpaired) electrons. The highest BCUT2D eigenvalue weighted by atomic mass is 16.7. The Morgan fingerprint density at radius 3 is 2.95 bits per heavy atom. The van der Waals surface area contributed by atoms with Crippen LogP contribution in [0.4, 0.5) is 0 Å². The Morgan fingerprint density at radius 2 is 2.20 bits per heavy atom. The average molecular weight is 280 g/mol.